The van der Waals surface area contributed by atoms with Gasteiger partial charge in [-0.2, -0.15) is 10.4 Å². The first kappa shape index (κ1) is 18.1. The van der Waals surface area contributed by atoms with E-state index in [9.17, 15) is 13.7 Å². The number of aryl methyl sites for hydroxylation is 1. The van der Waals surface area contributed by atoms with Crippen molar-refractivity contribution in [3.8, 4) is 6.07 Å². The lowest BCUT2D eigenvalue weighted by molar-refractivity contribution is 0.161. The maximum atomic E-state index is 13.1. The molecule has 0 amide bonds. The molecule has 3 fully saturated rings. The van der Waals surface area contributed by atoms with E-state index in [2.05, 4.69) is 31.2 Å². The molecule has 1 atom stereocenters. The monoisotopic (exact) mass is 412 g/mol. The summed E-state index contributed by atoms with van der Waals surface area (Å²) in [5.74, 6) is 0.369. The van der Waals surface area contributed by atoms with Crippen LogP contribution >= 0.6 is 0 Å². The van der Waals surface area contributed by atoms with Gasteiger partial charge in [0.1, 0.15) is 17.1 Å². The number of rotatable bonds is 4. The Morgan fingerprint density at radius 3 is 2.93 bits per heavy atom. The number of amidine groups is 1. The quantitative estimate of drug-likeness (QED) is 0.646. The topological polar surface area (TPSA) is 149 Å². The molecule has 150 valence electrons. The zero-order valence-electron chi connectivity index (χ0n) is 15.8. The van der Waals surface area contributed by atoms with Gasteiger partial charge in [0.15, 0.2) is 6.17 Å². The van der Waals surface area contributed by atoms with Crippen molar-refractivity contribution >= 4 is 27.9 Å². The second-order valence-corrected chi connectivity index (χ2v) is 9.85. The Bertz CT molecular complexity index is 1140. The molecule has 3 heterocycles. The third-order valence-electron chi connectivity index (χ3n) is 6.20. The number of hydrazone groups is 1. The fourth-order valence-corrected chi connectivity index (χ4v) is 6.19. The molecule has 0 aromatic carbocycles. The van der Waals surface area contributed by atoms with Gasteiger partial charge in [0.05, 0.1) is 17.2 Å². The first-order valence-electron chi connectivity index (χ1n) is 9.30. The number of aromatic nitrogens is 1. The standard InChI is InChI=1S/C18H20N8O2S/c1-11-13(14-6-22-16-15(20)23-10-24-26(14)16)4-12(5-21-11)29(27,28)25-18-3-2-17(7-18,8-18)9-19/h4-6,10,16,22,25H,2-3,7-8H2,1H3,(H2,20,23,24). The number of aliphatic imine (C=N–C) groups is 1. The summed E-state index contributed by atoms with van der Waals surface area (Å²) in [4.78, 5) is 8.37. The Kier molecular flexibility index (Phi) is 3.60. The summed E-state index contributed by atoms with van der Waals surface area (Å²) in [6, 6.07) is 3.94. The van der Waals surface area contributed by atoms with E-state index in [0.29, 0.717) is 42.1 Å². The smallest absolute Gasteiger partial charge is 0.242 e. The highest BCUT2D eigenvalue weighted by Gasteiger charge is 2.62. The molecule has 0 radical (unpaired) electrons. The third kappa shape index (κ3) is 2.63. The Morgan fingerprint density at radius 1 is 1.41 bits per heavy atom. The van der Waals surface area contributed by atoms with Gasteiger partial charge in [0.25, 0.3) is 0 Å². The summed E-state index contributed by atoms with van der Waals surface area (Å²) in [5, 5.41) is 18.3. The minimum absolute atomic E-state index is 0.0841. The van der Waals surface area contributed by atoms with Gasteiger partial charge in [-0.05, 0) is 38.7 Å². The summed E-state index contributed by atoms with van der Waals surface area (Å²) in [5.41, 5.74) is 7.00. The lowest BCUT2D eigenvalue weighted by atomic mass is 9.66. The Hall–Kier alpha value is -2.97. The van der Waals surface area contributed by atoms with Gasteiger partial charge < -0.3 is 11.1 Å². The van der Waals surface area contributed by atoms with Gasteiger partial charge in [-0.1, -0.05) is 0 Å². The number of nitrogens with zero attached hydrogens (tertiary/aromatic N) is 5. The van der Waals surface area contributed by atoms with Gasteiger partial charge in [-0.3, -0.25) is 4.98 Å². The lowest BCUT2D eigenvalue weighted by Gasteiger charge is -2.43. The van der Waals surface area contributed by atoms with Crippen LogP contribution in [0.15, 0.2) is 33.5 Å². The van der Waals surface area contributed by atoms with E-state index in [0.717, 1.165) is 6.42 Å². The number of nitriles is 1. The van der Waals surface area contributed by atoms with Gasteiger partial charge in [-0.25, -0.2) is 23.1 Å². The average molecular weight is 412 g/mol. The number of hydrogen-bond acceptors (Lipinski definition) is 9. The predicted octanol–water partition coefficient (Wildman–Crippen LogP) is 0.349. The summed E-state index contributed by atoms with van der Waals surface area (Å²) in [6.07, 6.45) is 6.60. The van der Waals surface area contributed by atoms with E-state index in [1.807, 2.05) is 0 Å². The highest BCUT2D eigenvalue weighted by atomic mass is 32.2. The number of nitrogens with two attached hydrogens (primary N) is 1. The van der Waals surface area contributed by atoms with Gasteiger partial charge >= 0.3 is 0 Å². The van der Waals surface area contributed by atoms with Crippen LogP contribution in [-0.2, 0) is 10.0 Å². The van der Waals surface area contributed by atoms with Crippen LogP contribution in [0.5, 0.6) is 0 Å². The summed E-state index contributed by atoms with van der Waals surface area (Å²) >= 11 is 0. The Labute approximate surface area is 168 Å². The number of fused-ring (bicyclic) bond motifs is 2. The fraction of sp³-hybridized carbons (Fsp3) is 0.444. The molecule has 1 aromatic heterocycles. The molecule has 1 unspecified atom stereocenters. The third-order valence-corrected chi connectivity index (χ3v) is 7.75. The summed E-state index contributed by atoms with van der Waals surface area (Å²) < 4.78 is 29.0. The second kappa shape index (κ2) is 5.77. The van der Waals surface area contributed by atoms with Crippen LogP contribution in [0.25, 0.3) is 5.70 Å². The molecule has 5 aliphatic rings. The lowest BCUT2D eigenvalue weighted by Crippen LogP contribution is -2.55. The van der Waals surface area contributed by atoms with Crippen molar-refractivity contribution in [2.75, 3.05) is 0 Å². The van der Waals surface area contributed by atoms with E-state index >= 15 is 0 Å². The maximum Gasteiger partial charge on any atom is 0.242 e. The van der Waals surface area contributed by atoms with Crippen molar-refractivity contribution in [1.82, 2.24) is 20.0 Å². The van der Waals surface area contributed by atoms with Crippen LogP contribution in [0.1, 0.15) is 36.9 Å². The summed E-state index contributed by atoms with van der Waals surface area (Å²) in [6.45, 7) is 1.81. The van der Waals surface area contributed by atoms with E-state index < -0.39 is 21.7 Å². The Balaban J connectivity index is 1.44. The van der Waals surface area contributed by atoms with Crippen molar-refractivity contribution in [1.29, 1.82) is 5.26 Å². The SMILES string of the molecule is Cc1ncc(S(=O)(=O)NC23CCC(C#N)(C2)C3)cc1C1=CNC2C(N)=NC=NN12. The van der Waals surface area contributed by atoms with E-state index in [4.69, 9.17) is 5.73 Å². The molecule has 1 aromatic rings. The summed E-state index contributed by atoms with van der Waals surface area (Å²) in [7, 11) is -3.78. The minimum Gasteiger partial charge on any atom is -0.384 e. The maximum absolute atomic E-state index is 13.1. The van der Waals surface area contributed by atoms with Crippen LogP contribution < -0.4 is 15.8 Å². The molecule has 0 spiro atoms. The highest BCUT2D eigenvalue weighted by molar-refractivity contribution is 7.89. The van der Waals surface area contributed by atoms with Crippen molar-refractivity contribution < 1.29 is 8.42 Å². The van der Waals surface area contributed by atoms with Gasteiger partial charge in [0.2, 0.25) is 10.0 Å². The molecule has 2 aliphatic heterocycles. The molecular weight excluding hydrogens is 392 g/mol. The first-order valence-corrected chi connectivity index (χ1v) is 10.8. The minimum atomic E-state index is -3.78. The number of hydrogen-bond donors (Lipinski definition) is 3. The Morgan fingerprint density at radius 2 is 2.21 bits per heavy atom. The van der Waals surface area contributed by atoms with Crippen LogP contribution in [0.4, 0.5) is 0 Å². The van der Waals surface area contributed by atoms with Crippen LogP contribution in [0.3, 0.4) is 0 Å². The van der Waals surface area contributed by atoms with Crippen LogP contribution in [-0.4, -0.2) is 42.3 Å². The zero-order chi connectivity index (χ0) is 20.4. The zero-order valence-corrected chi connectivity index (χ0v) is 16.6. The van der Waals surface area contributed by atoms with E-state index in [-0.39, 0.29) is 10.3 Å². The molecular formula is C18H20N8O2S. The number of pyridine rings is 1. The van der Waals surface area contributed by atoms with Crippen molar-refractivity contribution in [3.05, 3.63) is 29.7 Å². The van der Waals surface area contributed by atoms with Crippen molar-refractivity contribution in [2.24, 2.45) is 21.2 Å². The molecule has 29 heavy (non-hydrogen) atoms. The largest absolute Gasteiger partial charge is 0.384 e. The molecule has 2 bridgehead atoms. The highest BCUT2D eigenvalue weighted by Crippen LogP contribution is 2.61. The normalized spacial score (nSPS) is 32.0. The molecule has 0 saturated heterocycles. The molecule has 4 N–H and O–H groups in total. The molecule has 10 nitrogen and oxygen atoms in total. The fourth-order valence-electron chi connectivity index (χ4n) is 4.79. The molecule has 3 saturated carbocycles. The van der Waals surface area contributed by atoms with Gasteiger partial charge in [0, 0.05) is 29.2 Å². The van der Waals surface area contributed by atoms with Crippen molar-refractivity contribution in [2.45, 2.75) is 49.2 Å². The van der Waals surface area contributed by atoms with Gasteiger partial charge in [-0.15, -0.1) is 0 Å². The predicted molar refractivity (Wildman–Crippen MR) is 105 cm³/mol. The van der Waals surface area contributed by atoms with Crippen LogP contribution in [0.2, 0.25) is 0 Å². The van der Waals surface area contributed by atoms with Crippen molar-refractivity contribution in [3.63, 3.8) is 0 Å². The molecule has 11 heteroatoms. The number of sulfonamides is 1. The van der Waals surface area contributed by atoms with E-state index in [1.54, 1.807) is 24.2 Å². The average Bonchev–Trinajstić information content (AvgIpc) is 3.33. The first-order chi connectivity index (χ1) is 13.8. The second-order valence-electron chi connectivity index (χ2n) is 8.16. The molecule has 3 aliphatic carbocycles. The van der Waals surface area contributed by atoms with Crippen LogP contribution in [0, 0.1) is 23.7 Å². The van der Waals surface area contributed by atoms with E-state index in [1.165, 1.54) is 12.5 Å². The molecule has 6 rings (SSSR count). The number of nitrogens with one attached hydrogen (secondary N) is 2.